The van der Waals surface area contributed by atoms with Crippen LogP contribution in [0.5, 0.6) is 0 Å². The van der Waals surface area contributed by atoms with Crippen LogP contribution in [0.1, 0.15) is 59.0 Å². The van der Waals surface area contributed by atoms with Gasteiger partial charge in [0, 0.05) is 30.9 Å². The van der Waals surface area contributed by atoms with E-state index in [2.05, 4.69) is 15.6 Å². The smallest absolute Gasteiger partial charge is 0.277 e. The minimum Gasteiger partial charge on any atom is -0.379 e. The first-order valence-corrected chi connectivity index (χ1v) is 9.91. The number of carbonyl (C=O) groups excluding carboxylic acids is 2. The molecule has 2 aliphatic rings. The summed E-state index contributed by atoms with van der Waals surface area (Å²) in [6.45, 7) is 2.93. The Balaban J connectivity index is 1.37. The van der Waals surface area contributed by atoms with Crippen molar-refractivity contribution in [1.82, 2.24) is 19.9 Å². The van der Waals surface area contributed by atoms with Crippen LogP contribution < -0.4 is 5.32 Å². The first kappa shape index (κ1) is 18.6. The van der Waals surface area contributed by atoms with Crippen molar-refractivity contribution in [3.63, 3.8) is 0 Å². The molecule has 0 radical (unpaired) electrons. The number of nitrogens with zero attached hydrogens (tertiary/aromatic N) is 4. The second-order valence-corrected chi connectivity index (χ2v) is 7.34. The van der Waals surface area contributed by atoms with Crippen LogP contribution in [0, 0.1) is 0 Å². The van der Waals surface area contributed by atoms with Gasteiger partial charge in [0.25, 0.3) is 11.8 Å². The third-order valence-electron chi connectivity index (χ3n) is 5.31. The molecule has 3 heterocycles. The van der Waals surface area contributed by atoms with E-state index in [0.717, 1.165) is 32.4 Å². The van der Waals surface area contributed by atoms with Crippen LogP contribution in [0.4, 0.5) is 5.69 Å². The molecule has 4 rings (SSSR count). The van der Waals surface area contributed by atoms with Gasteiger partial charge >= 0.3 is 0 Å². The Hall–Kier alpha value is -2.74. The Morgan fingerprint density at radius 2 is 1.82 bits per heavy atom. The highest BCUT2D eigenvalue weighted by atomic mass is 16.5. The molecule has 0 bridgehead atoms. The average Bonchev–Trinajstić information content (AvgIpc) is 3.35. The summed E-state index contributed by atoms with van der Waals surface area (Å²) in [5.74, 6) is -0.265. The molecule has 2 aromatic rings. The standard InChI is InChI=1S/C20H25N5O3/c26-19(18-13-25(23-22-18)17-9-12-28-14-17)21-16-7-5-15(6-8-16)20(27)24-10-3-1-2-4-11-24/h5-8,13,17H,1-4,9-12,14H2,(H,21,26). The quantitative estimate of drug-likeness (QED) is 0.876. The largest absolute Gasteiger partial charge is 0.379 e. The fourth-order valence-electron chi connectivity index (χ4n) is 3.64. The predicted octanol–water partition coefficient (Wildman–Crippen LogP) is 2.51. The number of nitrogens with one attached hydrogen (secondary N) is 1. The number of anilines is 1. The molecule has 2 amide bonds. The zero-order chi connectivity index (χ0) is 19.3. The summed E-state index contributed by atoms with van der Waals surface area (Å²) in [5.41, 5.74) is 1.53. The van der Waals surface area contributed by atoms with Crippen molar-refractivity contribution < 1.29 is 14.3 Å². The minimum absolute atomic E-state index is 0.0569. The highest BCUT2D eigenvalue weighted by molar-refractivity contribution is 6.03. The van der Waals surface area contributed by atoms with Crippen LogP contribution in [0.3, 0.4) is 0 Å². The maximum absolute atomic E-state index is 12.6. The SMILES string of the molecule is O=C(Nc1ccc(C(=O)N2CCCCCC2)cc1)c1cn(C2CCOC2)nn1. The molecule has 2 aliphatic heterocycles. The molecule has 1 unspecified atom stereocenters. The van der Waals surface area contributed by atoms with Gasteiger partial charge in [0.05, 0.1) is 18.8 Å². The molecule has 8 heteroatoms. The second-order valence-electron chi connectivity index (χ2n) is 7.34. The van der Waals surface area contributed by atoms with Crippen LogP contribution in [-0.2, 0) is 4.74 Å². The van der Waals surface area contributed by atoms with Crippen molar-refractivity contribution in [3.8, 4) is 0 Å². The molecule has 148 valence electrons. The predicted molar refractivity (Wildman–Crippen MR) is 103 cm³/mol. The van der Waals surface area contributed by atoms with Crippen molar-refractivity contribution in [2.45, 2.75) is 38.1 Å². The molecule has 0 aliphatic carbocycles. The van der Waals surface area contributed by atoms with E-state index < -0.39 is 0 Å². The molecule has 8 nitrogen and oxygen atoms in total. The van der Waals surface area contributed by atoms with Gasteiger partial charge in [-0.05, 0) is 43.5 Å². The number of ether oxygens (including phenoxy) is 1. The Labute approximate surface area is 163 Å². The first-order chi connectivity index (χ1) is 13.7. The van der Waals surface area contributed by atoms with E-state index in [9.17, 15) is 9.59 Å². The average molecular weight is 383 g/mol. The third kappa shape index (κ3) is 4.22. The minimum atomic E-state index is -0.322. The molecule has 2 saturated heterocycles. The number of rotatable bonds is 4. The van der Waals surface area contributed by atoms with Crippen molar-refractivity contribution >= 4 is 17.5 Å². The summed E-state index contributed by atoms with van der Waals surface area (Å²) in [6.07, 6.45) is 7.02. The number of carbonyl (C=O) groups is 2. The van der Waals surface area contributed by atoms with Gasteiger partial charge in [0.15, 0.2) is 5.69 Å². The van der Waals surface area contributed by atoms with Crippen LogP contribution in [0.25, 0.3) is 0 Å². The summed E-state index contributed by atoms with van der Waals surface area (Å²) < 4.78 is 7.02. The number of amides is 2. The van der Waals surface area contributed by atoms with Gasteiger partial charge in [-0.1, -0.05) is 18.1 Å². The van der Waals surface area contributed by atoms with E-state index >= 15 is 0 Å². The van der Waals surface area contributed by atoms with E-state index in [-0.39, 0.29) is 23.6 Å². The van der Waals surface area contributed by atoms with Crippen LogP contribution >= 0.6 is 0 Å². The number of aromatic nitrogens is 3. The summed E-state index contributed by atoms with van der Waals surface area (Å²) in [5, 5.41) is 10.8. The van der Waals surface area contributed by atoms with Crippen LogP contribution in [0.2, 0.25) is 0 Å². The number of hydrogen-bond acceptors (Lipinski definition) is 5. The van der Waals surface area contributed by atoms with Crippen molar-refractivity contribution in [1.29, 1.82) is 0 Å². The molecule has 1 atom stereocenters. The van der Waals surface area contributed by atoms with Gasteiger partial charge in [0.2, 0.25) is 0 Å². The molecule has 2 fully saturated rings. The van der Waals surface area contributed by atoms with Gasteiger partial charge in [-0.25, -0.2) is 4.68 Å². The number of hydrogen-bond donors (Lipinski definition) is 1. The van der Waals surface area contributed by atoms with Crippen LogP contribution in [-0.4, -0.2) is 58.0 Å². The summed E-state index contributed by atoms with van der Waals surface area (Å²) in [6, 6.07) is 7.15. The van der Waals surface area contributed by atoms with Gasteiger partial charge in [0.1, 0.15) is 0 Å². The van der Waals surface area contributed by atoms with E-state index in [1.165, 1.54) is 12.8 Å². The maximum Gasteiger partial charge on any atom is 0.277 e. The normalized spacial score (nSPS) is 20.0. The summed E-state index contributed by atoms with van der Waals surface area (Å²) in [4.78, 5) is 27.0. The van der Waals surface area contributed by atoms with E-state index in [0.29, 0.717) is 24.5 Å². The molecule has 1 N–H and O–H groups in total. The van der Waals surface area contributed by atoms with Gasteiger partial charge in [-0.3, -0.25) is 9.59 Å². The topological polar surface area (TPSA) is 89.4 Å². The Kier molecular flexibility index (Phi) is 5.66. The molecule has 0 spiro atoms. The Bertz CT molecular complexity index is 819. The lowest BCUT2D eigenvalue weighted by atomic mass is 10.1. The number of benzene rings is 1. The summed E-state index contributed by atoms with van der Waals surface area (Å²) in [7, 11) is 0. The Morgan fingerprint density at radius 1 is 1.07 bits per heavy atom. The lowest BCUT2D eigenvalue weighted by Gasteiger charge is -2.20. The molecule has 0 saturated carbocycles. The highest BCUT2D eigenvalue weighted by Crippen LogP contribution is 2.18. The highest BCUT2D eigenvalue weighted by Gasteiger charge is 2.21. The molecule has 1 aromatic heterocycles. The monoisotopic (exact) mass is 383 g/mol. The van der Waals surface area contributed by atoms with Crippen molar-refractivity contribution in [2.24, 2.45) is 0 Å². The maximum atomic E-state index is 12.6. The van der Waals surface area contributed by atoms with E-state index in [1.54, 1.807) is 35.1 Å². The molecular formula is C20H25N5O3. The zero-order valence-electron chi connectivity index (χ0n) is 15.8. The van der Waals surface area contributed by atoms with Gasteiger partial charge in [-0.15, -0.1) is 5.10 Å². The van der Waals surface area contributed by atoms with Crippen molar-refractivity contribution in [3.05, 3.63) is 41.7 Å². The zero-order valence-corrected chi connectivity index (χ0v) is 15.8. The fourth-order valence-corrected chi connectivity index (χ4v) is 3.64. The molecular weight excluding hydrogens is 358 g/mol. The number of likely N-dealkylation sites (tertiary alicyclic amines) is 1. The lowest BCUT2D eigenvalue weighted by molar-refractivity contribution is 0.0761. The second kappa shape index (κ2) is 8.52. The fraction of sp³-hybridized carbons (Fsp3) is 0.500. The third-order valence-corrected chi connectivity index (χ3v) is 5.31. The van der Waals surface area contributed by atoms with Gasteiger partial charge < -0.3 is 15.0 Å². The lowest BCUT2D eigenvalue weighted by Crippen LogP contribution is -2.31. The van der Waals surface area contributed by atoms with Crippen molar-refractivity contribution in [2.75, 3.05) is 31.6 Å². The van der Waals surface area contributed by atoms with Crippen LogP contribution in [0.15, 0.2) is 30.5 Å². The van der Waals surface area contributed by atoms with E-state index in [4.69, 9.17) is 4.74 Å². The molecule has 1 aromatic carbocycles. The van der Waals surface area contributed by atoms with Gasteiger partial charge in [-0.2, -0.15) is 0 Å². The first-order valence-electron chi connectivity index (χ1n) is 9.91. The van der Waals surface area contributed by atoms with E-state index in [1.807, 2.05) is 4.90 Å². The molecule has 28 heavy (non-hydrogen) atoms. The summed E-state index contributed by atoms with van der Waals surface area (Å²) >= 11 is 0. The Morgan fingerprint density at radius 3 is 2.50 bits per heavy atom.